The van der Waals surface area contributed by atoms with Crippen LogP contribution in [-0.2, 0) is 13.2 Å². The topological polar surface area (TPSA) is 86.2 Å². The minimum atomic E-state index is -0.245. The Labute approximate surface area is 192 Å². The number of nitrogens with one attached hydrogen (secondary N) is 1. The van der Waals surface area contributed by atoms with Crippen LogP contribution >= 0.6 is 0 Å². The second-order valence-electron chi connectivity index (χ2n) is 7.42. The molecule has 7 heteroatoms. The normalized spacial score (nSPS) is 10.5. The van der Waals surface area contributed by atoms with Gasteiger partial charge in [0.2, 0.25) is 0 Å². The van der Waals surface area contributed by atoms with Gasteiger partial charge in [0, 0.05) is 30.7 Å². The molecule has 166 valence electrons. The lowest BCUT2D eigenvalue weighted by molar-refractivity contribution is 0.0950. The van der Waals surface area contributed by atoms with E-state index in [9.17, 15) is 4.79 Å². The van der Waals surface area contributed by atoms with E-state index in [1.54, 1.807) is 25.7 Å². The first-order chi connectivity index (χ1) is 16.1. The molecule has 0 bridgehead atoms. The molecular formula is C26H24N4O3. The Morgan fingerprint density at radius 2 is 1.64 bits per heavy atom. The first-order valence-corrected chi connectivity index (χ1v) is 10.5. The van der Waals surface area contributed by atoms with Crippen LogP contribution < -0.4 is 14.8 Å². The molecule has 0 aliphatic heterocycles. The summed E-state index contributed by atoms with van der Waals surface area (Å²) >= 11 is 0. The number of amides is 1. The van der Waals surface area contributed by atoms with Gasteiger partial charge in [-0.3, -0.25) is 9.78 Å². The average molecular weight is 441 g/mol. The molecule has 1 amide bonds. The van der Waals surface area contributed by atoms with Crippen LogP contribution in [0.3, 0.4) is 0 Å². The van der Waals surface area contributed by atoms with Crippen molar-refractivity contribution in [3.63, 3.8) is 0 Å². The van der Waals surface area contributed by atoms with Crippen LogP contribution in [0, 0.1) is 6.92 Å². The molecule has 0 radical (unpaired) electrons. The van der Waals surface area contributed by atoms with Gasteiger partial charge in [0.25, 0.3) is 5.91 Å². The molecule has 4 aromatic rings. The summed E-state index contributed by atoms with van der Waals surface area (Å²) in [6, 6.07) is 18.9. The Balaban J connectivity index is 1.53. The van der Waals surface area contributed by atoms with Crippen LogP contribution in [0.2, 0.25) is 0 Å². The summed E-state index contributed by atoms with van der Waals surface area (Å²) in [6.45, 7) is 2.60. The van der Waals surface area contributed by atoms with Crippen LogP contribution in [-0.4, -0.2) is 28.0 Å². The number of aromatic nitrogens is 3. The number of benzene rings is 2. The highest BCUT2D eigenvalue weighted by molar-refractivity contribution is 5.99. The van der Waals surface area contributed by atoms with Crippen LogP contribution in [0.4, 0.5) is 0 Å². The smallest absolute Gasteiger partial charge is 0.255 e. The van der Waals surface area contributed by atoms with Gasteiger partial charge in [-0.15, -0.1) is 0 Å². The van der Waals surface area contributed by atoms with Gasteiger partial charge >= 0.3 is 0 Å². The summed E-state index contributed by atoms with van der Waals surface area (Å²) in [5.74, 6) is 1.64. The Morgan fingerprint density at radius 3 is 2.33 bits per heavy atom. The van der Waals surface area contributed by atoms with E-state index in [4.69, 9.17) is 9.47 Å². The number of pyridine rings is 1. The molecule has 0 unspecified atom stereocenters. The van der Waals surface area contributed by atoms with E-state index in [0.29, 0.717) is 29.4 Å². The molecule has 2 aromatic heterocycles. The highest BCUT2D eigenvalue weighted by Crippen LogP contribution is 2.22. The number of methoxy groups -OCH3 is 1. The monoisotopic (exact) mass is 440 g/mol. The molecule has 2 aromatic carbocycles. The summed E-state index contributed by atoms with van der Waals surface area (Å²) in [7, 11) is 1.61. The Hall–Kier alpha value is -4.26. The van der Waals surface area contributed by atoms with Gasteiger partial charge in [-0.2, -0.15) is 0 Å². The fraction of sp³-hybridized carbons (Fsp3) is 0.154. The molecule has 2 heterocycles. The first kappa shape index (κ1) is 22.0. The molecule has 0 saturated carbocycles. The van der Waals surface area contributed by atoms with Crippen molar-refractivity contribution < 1.29 is 14.3 Å². The maximum absolute atomic E-state index is 13.0. The molecule has 0 atom stereocenters. The average Bonchev–Trinajstić information content (AvgIpc) is 2.87. The molecule has 1 N–H and O–H groups in total. The second-order valence-corrected chi connectivity index (χ2v) is 7.42. The number of ether oxygens (including phenoxy) is 2. The van der Waals surface area contributed by atoms with Crippen molar-refractivity contribution >= 4 is 5.91 Å². The number of rotatable bonds is 8. The highest BCUT2D eigenvalue weighted by atomic mass is 16.5. The van der Waals surface area contributed by atoms with Crippen molar-refractivity contribution in [1.82, 2.24) is 20.3 Å². The summed E-state index contributed by atoms with van der Waals surface area (Å²) < 4.78 is 11.0. The molecule has 0 aliphatic rings. The van der Waals surface area contributed by atoms with Crippen molar-refractivity contribution in [2.24, 2.45) is 0 Å². The maximum Gasteiger partial charge on any atom is 0.255 e. The first-order valence-electron chi connectivity index (χ1n) is 10.5. The van der Waals surface area contributed by atoms with Crippen molar-refractivity contribution in [3.8, 4) is 22.8 Å². The number of hydrogen-bond donors (Lipinski definition) is 1. The van der Waals surface area contributed by atoms with E-state index in [-0.39, 0.29) is 12.5 Å². The fourth-order valence-corrected chi connectivity index (χ4v) is 3.19. The number of hydrogen-bond acceptors (Lipinski definition) is 6. The third-order valence-electron chi connectivity index (χ3n) is 5.04. The standard InChI is InChI=1S/C26H24N4O3/c1-18-3-5-19(6-4-18)15-29-26(31)23-16-28-24(30-25(23)20-11-13-27-14-12-20)17-33-22-9-7-21(32-2)8-10-22/h3-14,16H,15,17H2,1-2H3,(H,29,31). The van der Waals surface area contributed by atoms with Gasteiger partial charge in [-0.05, 0) is 48.9 Å². The maximum atomic E-state index is 13.0. The Morgan fingerprint density at radius 1 is 0.939 bits per heavy atom. The predicted octanol–water partition coefficient (Wildman–Crippen LogP) is 4.36. The zero-order valence-electron chi connectivity index (χ0n) is 18.5. The zero-order valence-corrected chi connectivity index (χ0v) is 18.5. The lowest BCUT2D eigenvalue weighted by Gasteiger charge is -2.12. The Bertz CT molecular complexity index is 1210. The lowest BCUT2D eigenvalue weighted by Crippen LogP contribution is -2.24. The number of aryl methyl sites for hydroxylation is 1. The van der Waals surface area contributed by atoms with Crippen LogP contribution in [0.15, 0.2) is 79.3 Å². The van der Waals surface area contributed by atoms with Crippen LogP contribution in [0.1, 0.15) is 27.3 Å². The molecule has 33 heavy (non-hydrogen) atoms. The SMILES string of the molecule is COc1ccc(OCc2ncc(C(=O)NCc3ccc(C)cc3)c(-c3ccncc3)n2)cc1. The van der Waals surface area contributed by atoms with Gasteiger partial charge in [0.1, 0.15) is 18.1 Å². The summed E-state index contributed by atoms with van der Waals surface area (Å²) in [5, 5.41) is 2.96. The lowest BCUT2D eigenvalue weighted by atomic mass is 10.1. The predicted molar refractivity (Wildman–Crippen MR) is 125 cm³/mol. The molecule has 0 spiro atoms. The van der Waals surface area contributed by atoms with E-state index in [0.717, 1.165) is 16.9 Å². The summed E-state index contributed by atoms with van der Waals surface area (Å²) in [6.07, 6.45) is 4.87. The van der Waals surface area contributed by atoms with Crippen molar-refractivity contribution in [2.75, 3.05) is 7.11 Å². The number of carbonyl (C=O) groups is 1. The van der Waals surface area contributed by atoms with E-state index in [2.05, 4.69) is 20.3 Å². The van der Waals surface area contributed by atoms with Crippen molar-refractivity contribution in [2.45, 2.75) is 20.1 Å². The third-order valence-corrected chi connectivity index (χ3v) is 5.04. The summed E-state index contributed by atoms with van der Waals surface area (Å²) in [4.78, 5) is 26.0. The quantitative estimate of drug-likeness (QED) is 0.438. The fourth-order valence-electron chi connectivity index (χ4n) is 3.19. The highest BCUT2D eigenvalue weighted by Gasteiger charge is 2.16. The summed E-state index contributed by atoms with van der Waals surface area (Å²) in [5.41, 5.74) is 3.89. The molecular weight excluding hydrogens is 416 g/mol. The molecule has 0 saturated heterocycles. The largest absolute Gasteiger partial charge is 0.497 e. The minimum Gasteiger partial charge on any atom is -0.497 e. The van der Waals surface area contributed by atoms with Gasteiger partial charge in [0.05, 0.1) is 18.4 Å². The molecule has 7 nitrogen and oxygen atoms in total. The minimum absolute atomic E-state index is 0.162. The third kappa shape index (κ3) is 5.71. The van der Waals surface area contributed by atoms with E-state index in [1.165, 1.54) is 5.56 Å². The van der Waals surface area contributed by atoms with Crippen LogP contribution in [0.25, 0.3) is 11.3 Å². The number of carbonyl (C=O) groups excluding carboxylic acids is 1. The molecule has 4 rings (SSSR count). The Kier molecular flexibility index (Phi) is 6.90. The number of nitrogens with zero attached hydrogens (tertiary/aromatic N) is 3. The van der Waals surface area contributed by atoms with Gasteiger partial charge in [-0.1, -0.05) is 29.8 Å². The van der Waals surface area contributed by atoms with E-state index in [1.807, 2.05) is 67.6 Å². The van der Waals surface area contributed by atoms with Gasteiger partial charge < -0.3 is 14.8 Å². The van der Waals surface area contributed by atoms with E-state index >= 15 is 0 Å². The second kappa shape index (κ2) is 10.4. The van der Waals surface area contributed by atoms with Crippen LogP contribution in [0.5, 0.6) is 11.5 Å². The zero-order chi connectivity index (χ0) is 23.0. The van der Waals surface area contributed by atoms with Crippen molar-refractivity contribution in [1.29, 1.82) is 0 Å². The van der Waals surface area contributed by atoms with Gasteiger partial charge in [0.15, 0.2) is 5.82 Å². The van der Waals surface area contributed by atoms with Crippen molar-refractivity contribution in [3.05, 3.63) is 102 Å². The molecule has 0 aliphatic carbocycles. The van der Waals surface area contributed by atoms with Gasteiger partial charge in [-0.25, -0.2) is 9.97 Å². The van der Waals surface area contributed by atoms with E-state index < -0.39 is 0 Å². The molecule has 0 fully saturated rings.